The number of quaternary nitrogens is 1. The van der Waals surface area contributed by atoms with Gasteiger partial charge in [0.1, 0.15) is 23.2 Å². The first-order valence-electron chi connectivity index (χ1n) is 9.72. The fraction of sp³-hybridized carbons (Fsp3) is 0.273. The monoisotopic (exact) mass is 405 g/mol. The molecule has 1 N–H and O–H groups in total. The topological polar surface area (TPSA) is 62.8 Å². The number of aromatic nitrogens is 1. The average Bonchev–Trinajstić information content (AvgIpc) is 3.39. The molecule has 2 aliphatic rings. The molecule has 1 fully saturated rings. The second-order valence-electron chi connectivity index (χ2n) is 7.29. The number of fused-ring (bicyclic) bond motifs is 2. The van der Waals surface area contributed by atoms with Gasteiger partial charge in [-0.15, -0.1) is 11.3 Å². The molecule has 0 radical (unpaired) electrons. The van der Waals surface area contributed by atoms with Crippen molar-refractivity contribution in [3.63, 3.8) is 0 Å². The summed E-state index contributed by atoms with van der Waals surface area (Å²) >= 11 is 1.57. The van der Waals surface area contributed by atoms with Gasteiger partial charge >= 0.3 is 0 Å². The first-order chi connectivity index (χ1) is 14.3. The molecule has 0 saturated carbocycles. The van der Waals surface area contributed by atoms with Gasteiger partial charge in [0, 0.05) is 11.8 Å². The van der Waals surface area contributed by atoms with Crippen LogP contribution in [-0.4, -0.2) is 42.9 Å². The minimum absolute atomic E-state index is 0.312. The van der Waals surface area contributed by atoms with Gasteiger partial charge in [-0.2, -0.15) is 5.26 Å². The summed E-state index contributed by atoms with van der Waals surface area (Å²) in [7, 11) is 0. The van der Waals surface area contributed by atoms with Gasteiger partial charge in [-0.3, -0.25) is 0 Å². The van der Waals surface area contributed by atoms with Crippen LogP contribution < -0.4 is 14.4 Å². The van der Waals surface area contributed by atoms with Crippen molar-refractivity contribution in [2.24, 2.45) is 0 Å². The molecule has 1 aromatic heterocycles. The highest BCUT2D eigenvalue weighted by molar-refractivity contribution is 7.19. The SMILES string of the molecule is N#C/C(=C\N1CC[NH+](Cc2ccc3c(c2)OCO3)CC1)c1nc2ccccc2s1. The van der Waals surface area contributed by atoms with Crippen LogP contribution >= 0.6 is 11.3 Å². The quantitative estimate of drug-likeness (QED) is 0.675. The number of hydrogen-bond donors (Lipinski definition) is 1. The van der Waals surface area contributed by atoms with E-state index in [0.717, 1.165) is 59.4 Å². The Balaban J connectivity index is 1.23. The molecule has 2 aromatic carbocycles. The van der Waals surface area contributed by atoms with E-state index in [0.29, 0.717) is 12.4 Å². The van der Waals surface area contributed by atoms with Gasteiger partial charge in [0.15, 0.2) is 11.5 Å². The Morgan fingerprint density at radius 2 is 2.00 bits per heavy atom. The zero-order chi connectivity index (χ0) is 19.6. The van der Waals surface area contributed by atoms with Crippen LogP contribution in [0.3, 0.4) is 0 Å². The molecular weight excluding hydrogens is 384 g/mol. The van der Waals surface area contributed by atoms with Crippen LogP contribution in [0.15, 0.2) is 48.7 Å². The van der Waals surface area contributed by atoms with Crippen molar-refractivity contribution < 1.29 is 14.4 Å². The van der Waals surface area contributed by atoms with Crippen LogP contribution in [0.25, 0.3) is 15.8 Å². The number of nitrogens with one attached hydrogen (secondary N) is 1. The minimum atomic E-state index is 0.312. The second kappa shape index (κ2) is 7.74. The fourth-order valence-corrected chi connectivity index (χ4v) is 4.71. The largest absolute Gasteiger partial charge is 0.454 e. The Kier molecular flexibility index (Phi) is 4.80. The lowest BCUT2D eigenvalue weighted by Gasteiger charge is -2.31. The van der Waals surface area contributed by atoms with Crippen LogP contribution in [0.2, 0.25) is 0 Å². The van der Waals surface area contributed by atoms with E-state index in [1.807, 2.05) is 36.5 Å². The van der Waals surface area contributed by atoms with E-state index < -0.39 is 0 Å². The highest BCUT2D eigenvalue weighted by atomic mass is 32.1. The maximum atomic E-state index is 9.65. The Hall–Kier alpha value is -3.08. The molecule has 1 saturated heterocycles. The van der Waals surface area contributed by atoms with Crippen molar-refractivity contribution in [3.8, 4) is 17.6 Å². The number of rotatable bonds is 4. The zero-order valence-electron chi connectivity index (χ0n) is 15.9. The van der Waals surface area contributed by atoms with Crippen molar-refractivity contribution in [1.29, 1.82) is 5.26 Å². The van der Waals surface area contributed by atoms with Crippen molar-refractivity contribution >= 4 is 27.1 Å². The zero-order valence-corrected chi connectivity index (χ0v) is 16.7. The number of nitriles is 1. The number of nitrogens with zero attached hydrogens (tertiary/aromatic N) is 3. The number of hydrogen-bond acceptors (Lipinski definition) is 6. The smallest absolute Gasteiger partial charge is 0.231 e. The molecule has 0 amide bonds. The van der Waals surface area contributed by atoms with E-state index in [1.165, 1.54) is 10.5 Å². The summed E-state index contributed by atoms with van der Waals surface area (Å²) in [5.74, 6) is 1.68. The molecule has 3 aromatic rings. The van der Waals surface area contributed by atoms with Crippen LogP contribution in [0.5, 0.6) is 11.5 Å². The van der Waals surface area contributed by atoms with E-state index in [1.54, 1.807) is 11.3 Å². The summed E-state index contributed by atoms with van der Waals surface area (Å²) < 4.78 is 12.0. The Morgan fingerprint density at radius 1 is 1.17 bits per heavy atom. The van der Waals surface area contributed by atoms with Crippen LogP contribution in [0, 0.1) is 11.3 Å². The lowest BCUT2D eigenvalue weighted by Crippen LogP contribution is -3.13. The second-order valence-corrected chi connectivity index (χ2v) is 8.32. The van der Waals surface area contributed by atoms with Crippen molar-refractivity contribution in [2.45, 2.75) is 6.54 Å². The molecule has 0 atom stereocenters. The molecule has 0 aliphatic carbocycles. The molecule has 7 heteroatoms. The molecule has 2 aliphatic heterocycles. The molecule has 29 heavy (non-hydrogen) atoms. The number of allylic oxidation sites excluding steroid dienone is 1. The summed E-state index contributed by atoms with van der Waals surface area (Å²) in [6.45, 7) is 5.20. The summed E-state index contributed by atoms with van der Waals surface area (Å²) in [4.78, 5) is 8.40. The van der Waals surface area contributed by atoms with Crippen molar-refractivity contribution in [2.75, 3.05) is 33.0 Å². The first kappa shape index (κ1) is 18.0. The van der Waals surface area contributed by atoms with E-state index >= 15 is 0 Å². The van der Waals surface area contributed by atoms with Crippen LogP contribution in [-0.2, 0) is 6.54 Å². The standard InChI is InChI=1S/C22H20N4O2S/c23-12-17(22-24-18-3-1-2-4-21(18)29-22)14-26-9-7-25(8-10-26)13-16-5-6-19-20(11-16)28-15-27-19/h1-6,11,14H,7-10,13,15H2/p+1/b17-14+. The number of piperazine rings is 1. The highest BCUT2D eigenvalue weighted by Crippen LogP contribution is 2.32. The lowest BCUT2D eigenvalue weighted by atomic mass is 10.1. The summed E-state index contributed by atoms with van der Waals surface area (Å²) in [5.41, 5.74) is 2.86. The molecule has 0 bridgehead atoms. The van der Waals surface area contributed by atoms with Gasteiger partial charge < -0.3 is 19.3 Å². The molecule has 146 valence electrons. The Bertz CT molecular complexity index is 1080. The Morgan fingerprint density at radius 3 is 2.83 bits per heavy atom. The third-order valence-corrected chi connectivity index (χ3v) is 6.42. The van der Waals surface area contributed by atoms with Crippen molar-refractivity contribution in [3.05, 3.63) is 59.2 Å². The van der Waals surface area contributed by atoms with Gasteiger partial charge in [-0.25, -0.2) is 4.98 Å². The van der Waals surface area contributed by atoms with E-state index in [4.69, 9.17) is 9.47 Å². The van der Waals surface area contributed by atoms with Gasteiger partial charge in [0.2, 0.25) is 6.79 Å². The Labute approximate surface area is 173 Å². The van der Waals surface area contributed by atoms with Gasteiger partial charge in [0.25, 0.3) is 0 Å². The predicted octanol–water partition coefficient (Wildman–Crippen LogP) is 2.29. The molecule has 0 spiro atoms. The van der Waals surface area contributed by atoms with Gasteiger partial charge in [-0.1, -0.05) is 12.1 Å². The van der Waals surface area contributed by atoms with Gasteiger partial charge in [0.05, 0.1) is 36.4 Å². The predicted molar refractivity (Wildman–Crippen MR) is 112 cm³/mol. The van der Waals surface area contributed by atoms with E-state index in [-0.39, 0.29) is 0 Å². The van der Waals surface area contributed by atoms with Gasteiger partial charge in [-0.05, 0) is 30.3 Å². The maximum Gasteiger partial charge on any atom is 0.231 e. The summed E-state index contributed by atoms with van der Waals surface area (Å²) in [5, 5.41) is 10.4. The van der Waals surface area contributed by atoms with Crippen LogP contribution in [0.1, 0.15) is 10.6 Å². The average molecular weight is 406 g/mol. The number of para-hydroxylation sites is 1. The van der Waals surface area contributed by atoms with Crippen LogP contribution in [0.4, 0.5) is 0 Å². The normalized spacial score (nSPS) is 16.9. The molecule has 0 unspecified atom stereocenters. The van der Waals surface area contributed by atoms with E-state index in [9.17, 15) is 5.26 Å². The molecular formula is C22H21N4O2S+. The minimum Gasteiger partial charge on any atom is -0.454 e. The molecule has 3 heterocycles. The summed E-state index contributed by atoms with van der Waals surface area (Å²) in [6.07, 6.45) is 1.98. The summed E-state index contributed by atoms with van der Waals surface area (Å²) in [6, 6.07) is 16.5. The van der Waals surface area contributed by atoms with Crippen molar-refractivity contribution in [1.82, 2.24) is 9.88 Å². The fourth-order valence-electron chi connectivity index (χ4n) is 3.79. The first-order valence-corrected chi connectivity index (χ1v) is 10.5. The lowest BCUT2D eigenvalue weighted by molar-refractivity contribution is -0.917. The number of ether oxygens (including phenoxy) is 2. The third kappa shape index (κ3) is 3.77. The number of benzene rings is 2. The molecule has 6 nitrogen and oxygen atoms in total. The van der Waals surface area contributed by atoms with E-state index in [2.05, 4.69) is 28.1 Å². The number of thiazole rings is 1. The molecule has 5 rings (SSSR count). The highest BCUT2D eigenvalue weighted by Gasteiger charge is 2.21. The third-order valence-electron chi connectivity index (χ3n) is 5.35. The maximum absolute atomic E-state index is 9.65.